The molecule has 2 amide bonds. The molecule has 0 saturated carbocycles. The molecule has 2 heterocycles. The molecule has 3 atom stereocenters. The normalized spacial score (nSPS) is 27.0. The van der Waals surface area contributed by atoms with Crippen molar-refractivity contribution >= 4 is 24.2 Å². The fourth-order valence-corrected chi connectivity index (χ4v) is 4.53. The number of nitrogens with zero attached hydrogens (tertiary/aromatic N) is 2. The van der Waals surface area contributed by atoms with E-state index in [2.05, 4.69) is 24.3 Å². The number of carbonyl (C=O) groups is 3. The van der Waals surface area contributed by atoms with Gasteiger partial charge in [0.25, 0.3) is 0 Å². The number of fused-ring (bicyclic) bond motifs is 1. The van der Waals surface area contributed by atoms with E-state index >= 15 is 0 Å². The average Bonchev–Trinajstić information content (AvgIpc) is 3.40. The Kier molecular flexibility index (Phi) is 4.62. The van der Waals surface area contributed by atoms with Crippen molar-refractivity contribution in [2.24, 2.45) is 0 Å². The van der Waals surface area contributed by atoms with Gasteiger partial charge in [0.2, 0.25) is 11.8 Å². The van der Waals surface area contributed by atoms with E-state index in [-0.39, 0.29) is 23.8 Å². The average molecular weight is 352 g/mol. The summed E-state index contributed by atoms with van der Waals surface area (Å²) in [6, 6.07) is 7.42. The second-order valence-electron chi connectivity index (χ2n) is 7.42. The van der Waals surface area contributed by atoms with E-state index in [4.69, 9.17) is 0 Å². The zero-order chi connectivity index (χ0) is 18.1. The minimum Gasteiger partial charge on any atom is -0.331 e. The third-order valence-corrected chi connectivity index (χ3v) is 5.90. The van der Waals surface area contributed by atoms with E-state index < -0.39 is 6.04 Å². The number of aldehydes is 1. The Morgan fingerprint density at radius 3 is 2.69 bits per heavy atom. The van der Waals surface area contributed by atoms with Gasteiger partial charge in [-0.3, -0.25) is 9.59 Å². The van der Waals surface area contributed by atoms with Crippen molar-refractivity contribution in [1.82, 2.24) is 9.80 Å². The Hall–Kier alpha value is -2.43. The Morgan fingerprint density at radius 2 is 1.85 bits per heavy atom. The monoisotopic (exact) mass is 352 g/mol. The molecular formula is C21H24N2O3. The molecule has 4 rings (SSSR count). The molecular weight excluding hydrogens is 328 g/mol. The summed E-state index contributed by atoms with van der Waals surface area (Å²) in [7, 11) is 0. The number of benzene rings is 1. The Bertz CT molecular complexity index is 757. The summed E-state index contributed by atoms with van der Waals surface area (Å²) in [6.45, 7) is 1.26. The van der Waals surface area contributed by atoms with Gasteiger partial charge in [-0.1, -0.05) is 36.4 Å². The van der Waals surface area contributed by atoms with Gasteiger partial charge in [-0.15, -0.1) is 0 Å². The highest BCUT2D eigenvalue weighted by Crippen LogP contribution is 2.34. The fraction of sp³-hybridized carbons (Fsp3) is 0.476. The van der Waals surface area contributed by atoms with Gasteiger partial charge in [-0.25, -0.2) is 0 Å². The van der Waals surface area contributed by atoms with Crippen LogP contribution in [0.5, 0.6) is 0 Å². The van der Waals surface area contributed by atoms with Gasteiger partial charge in [0.1, 0.15) is 12.3 Å². The smallest absolute Gasteiger partial charge is 0.245 e. The van der Waals surface area contributed by atoms with Crippen LogP contribution in [0, 0.1) is 0 Å². The molecule has 1 aliphatic carbocycles. The molecule has 5 nitrogen and oxygen atoms in total. The van der Waals surface area contributed by atoms with Crippen LogP contribution in [0.3, 0.4) is 0 Å². The van der Waals surface area contributed by atoms with Crippen molar-refractivity contribution in [2.75, 3.05) is 13.1 Å². The first kappa shape index (κ1) is 17.0. The van der Waals surface area contributed by atoms with Crippen LogP contribution in [0.1, 0.15) is 49.1 Å². The standard InChI is InChI=1S/C21H24N2O3/c24-14-17-6-3-11-22(17)21(26)19-8-4-12-23(19)20(25)13-16-10-9-15-5-1-2-7-18(15)16/h1-2,5,7,9-10,14,16-17,19H,3-4,6,8,11-13H2/t16?,17-,19-/m0/s1. The van der Waals surface area contributed by atoms with Crippen LogP contribution >= 0.6 is 0 Å². The van der Waals surface area contributed by atoms with Crippen molar-refractivity contribution in [1.29, 1.82) is 0 Å². The van der Waals surface area contributed by atoms with Crippen molar-refractivity contribution in [3.05, 3.63) is 41.5 Å². The topological polar surface area (TPSA) is 57.7 Å². The molecule has 0 bridgehead atoms. The number of hydrogen-bond donors (Lipinski definition) is 0. The van der Waals surface area contributed by atoms with E-state index in [1.807, 2.05) is 12.1 Å². The zero-order valence-corrected chi connectivity index (χ0v) is 14.8. The maximum absolute atomic E-state index is 12.9. The summed E-state index contributed by atoms with van der Waals surface area (Å²) in [5.74, 6) is 0.0754. The number of rotatable bonds is 4. The summed E-state index contributed by atoms with van der Waals surface area (Å²) in [6.07, 6.45) is 8.55. The molecule has 2 saturated heterocycles. The molecule has 2 aliphatic heterocycles. The maximum Gasteiger partial charge on any atom is 0.245 e. The van der Waals surface area contributed by atoms with Crippen LogP contribution in [-0.4, -0.2) is 53.1 Å². The molecule has 0 aromatic heterocycles. The Balaban J connectivity index is 1.45. The Labute approximate surface area is 153 Å². The van der Waals surface area contributed by atoms with Crippen LogP contribution in [0.25, 0.3) is 6.08 Å². The quantitative estimate of drug-likeness (QED) is 0.782. The highest BCUT2D eigenvalue weighted by atomic mass is 16.2. The number of hydrogen-bond acceptors (Lipinski definition) is 3. The summed E-state index contributed by atoms with van der Waals surface area (Å²) >= 11 is 0. The molecule has 5 heteroatoms. The van der Waals surface area contributed by atoms with Gasteiger partial charge in [-0.05, 0) is 36.8 Å². The van der Waals surface area contributed by atoms with E-state index in [0.29, 0.717) is 25.9 Å². The molecule has 0 radical (unpaired) electrons. The van der Waals surface area contributed by atoms with E-state index in [9.17, 15) is 14.4 Å². The Morgan fingerprint density at radius 1 is 1.08 bits per heavy atom. The highest BCUT2D eigenvalue weighted by molar-refractivity contribution is 5.90. The minimum absolute atomic E-state index is 0.0362. The summed E-state index contributed by atoms with van der Waals surface area (Å²) in [5.41, 5.74) is 2.36. The molecule has 3 aliphatic rings. The van der Waals surface area contributed by atoms with Gasteiger partial charge in [0, 0.05) is 25.4 Å². The van der Waals surface area contributed by atoms with Gasteiger partial charge < -0.3 is 14.6 Å². The van der Waals surface area contributed by atoms with Crippen LogP contribution in [-0.2, 0) is 14.4 Å². The first-order valence-electron chi connectivity index (χ1n) is 9.51. The van der Waals surface area contributed by atoms with Crippen molar-refractivity contribution in [2.45, 2.75) is 50.1 Å². The van der Waals surface area contributed by atoms with Crippen molar-refractivity contribution in [3.8, 4) is 0 Å². The summed E-state index contributed by atoms with van der Waals surface area (Å²) in [4.78, 5) is 40.5. The zero-order valence-electron chi connectivity index (χ0n) is 14.8. The largest absolute Gasteiger partial charge is 0.331 e. The van der Waals surface area contributed by atoms with Gasteiger partial charge in [0.15, 0.2) is 0 Å². The van der Waals surface area contributed by atoms with Crippen molar-refractivity contribution < 1.29 is 14.4 Å². The van der Waals surface area contributed by atoms with Crippen LogP contribution in [0.4, 0.5) is 0 Å². The molecule has 2 fully saturated rings. The minimum atomic E-state index is -0.399. The van der Waals surface area contributed by atoms with Crippen LogP contribution < -0.4 is 0 Å². The lowest BCUT2D eigenvalue weighted by Gasteiger charge is -2.30. The predicted molar refractivity (Wildman–Crippen MR) is 98.4 cm³/mol. The number of allylic oxidation sites excluding steroid dienone is 1. The van der Waals surface area contributed by atoms with Gasteiger partial charge in [-0.2, -0.15) is 0 Å². The lowest BCUT2D eigenvalue weighted by Crippen LogP contribution is -2.49. The number of amides is 2. The first-order chi connectivity index (χ1) is 12.7. The maximum atomic E-state index is 12.9. The third-order valence-electron chi connectivity index (χ3n) is 5.90. The van der Waals surface area contributed by atoms with E-state index in [0.717, 1.165) is 25.5 Å². The molecule has 1 unspecified atom stereocenters. The van der Waals surface area contributed by atoms with Crippen molar-refractivity contribution in [3.63, 3.8) is 0 Å². The SMILES string of the molecule is O=C[C@@H]1CCCN1C(=O)[C@@H]1CCCN1C(=O)CC1C=Cc2ccccc21. The summed E-state index contributed by atoms with van der Waals surface area (Å²) in [5, 5.41) is 0. The second-order valence-corrected chi connectivity index (χ2v) is 7.42. The lowest BCUT2D eigenvalue weighted by atomic mass is 9.97. The predicted octanol–water partition coefficient (Wildman–Crippen LogP) is 2.37. The lowest BCUT2D eigenvalue weighted by molar-refractivity contribution is -0.145. The van der Waals surface area contributed by atoms with E-state index in [1.54, 1.807) is 9.80 Å². The number of carbonyl (C=O) groups excluding carboxylic acids is 3. The molecule has 0 N–H and O–H groups in total. The molecule has 136 valence electrons. The highest BCUT2D eigenvalue weighted by Gasteiger charge is 2.40. The van der Waals surface area contributed by atoms with E-state index in [1.165, 1.54) is 11.1 Å². The van der Waals surface area contributed by atoms with Crippen LogP contribution in [0.2, 0.25) is 0 Å². The fourth-order valence-electron chi connectivity index (χ4n) is 4.53. The van der Waals surface area contributed by atoms with Gasteiger partial charge in [0.05, 0.1) is 6.04 Å². The molecule has 0 spiro atoms. The molecule has 1 aromatic carbocycles. The molecule has 1 aromatic rings. The number of likely N-dealkylation sites (tertiary alicyclic amines) is 2. The second kappa shape index (κ2) is 7.06. The third kappa shape index (κ3) is 2.96. The summed E-state index contributed by atoms with van der Waals surface area (Å²) < 4.78 is 0. The van der Waals surface area contributed by atoms with Gasteiger partial charge >= 0.3 is 0 Å². The van der Waals surface area contributed by atoms with Crippen LogP contribution in [0.15, 0.2) is 30.3 Å². The first-order valence-corrected chi connectivity index (χ1v) is 9.51. The molecule has 26 heavy (non-hydrogen) atoms.